The van der Waals surface area contributed by atoms with Crippen LogP contribution < -0.4 is 5.32 Å². The minimum atomic E-state index is -0.142. The van der Waals surface area contributed by atoms with Crippen molar-refractivity contribution in [1.82, 2.24) is 10.2 Å². The first-order valence-corrected chi connectivity index (χ1v) is 7.86. The van der Waals surface area contributed by atoms with Crippen LogP contribution in [-0.4, -0.2) is 31.6 Å². The summed E-state index contributed by atoms with van der Waals surface area (Å²) in [5.41, 5.74) is 1.07. The highest BCUT2D eigenvalue weighted by Crippen LogP contribution is 2.29. The Kier molecular flexibility index (Phi) is 5.99. The SMILES string of the molecule is CCCNC(CCN(C)CC1CC1)c1cccc(F)c1. The van der Waals surface area contributed by atoms with Crippen LogP contribution >= 0.6 is 0 Å². The van der Waals surface area contributed by atoms with E-state index in [-0.39, 0.29) is 11.9 Å². The number of benzene rings is 1. The maximum Gasteiger partial charge on any atom is 0.123 e. The average Bonchev–Trinajstić information content (AvgIpc) is 3.22. The van der Waals surface area contributed by atoms with Gasteiger partial charge >= 0.3 is 0 Å². The Hall–Kier alpha value is -0.930. The molecule has 0 aromatic heterocycles. The summed E-state index contributed by atoms with van der Waals surface area (Å²) in [4.78, 5) is 2.41. The lowest BCUT2D eigenvalue weighted by atomic mass is 10.0. The Morgan fingerprint density at radius 3 is 2.85 bits per heavy atom. The normalized spacial score (nSPS) is 16.6. The summed E-state index contributed by atoms with van der Waals surface area (Å²) in [5, 5.41) is 3.54. The van der Waals surface area contributed by atoms with Gasteiger partial charge in [0.15, 0.2) is 0 Å². The van der Waals surface area contributed by atoms with Crippen molar-refractivity contribution in [3.05, 3.63) is 35.6 Å². The summed E-state index contributed by atoms with van der Waals surface area (Å²) in [6, 6.07) is 7.26. The van der Waals surface area contributed by atoms with Gasteiger partial charge in [-0.1, -0.05) is 19.1 Å². The van der Waals surface area contributed by atoms with Crippen LogP contribution in [0.2, 0.25) is 0 Å². The zero-order valence-electron chi connectivity index (χ0n) is 12.7. The molecule has 1 fully saturated rings. The number of nitrogens with one attached hydrogen (secondary N) is 1. The molecule has 0 amide bonds. The Morgan fingerprint density at radius 1 is 1.40 bits per heavy atom. The predicted octanol–water partition coefficient (Wildman–Crippen LogP) is 3.60. The third-order valence-electron chi connectivity index (χ3n) is 3.96. The number of rotatable bonds is 9. The van der Waals surface area contributed by atoms with E-state index < -0.39 is 0 Å². The van der Waals surface area contributed by atoms with Gasteiger partial charge in [0, 0.05) is 12.6 Å². The minimum absolute atomic E-state index is 0.142. The van der Waals surface area contributed by atoms with Gasteiger partial charge in [-0.15, -0.1) is 0 Å². The number of halogens is 1. The lowest BCUT2D eigenvalue weighted by molar-refractivity contribution is 0.296. The van der Waals surface area contributed by atoms with Crippen molar-refractivity contribution in [1.29, 1.82) is 0 Å². The molecule has 1 N–H and O–H groups in total. The molecule has 1 unspecified atom stereocenters. The van der Waals surface area contributed by atoms with Gasteiger partial charge in [0.2, 0.25) is 0 Å². The Labute approximate surface area is 122 Å². The maximum absolute atomic E-state index is 13.4. The molecule has 1 atom stereocenters. The summed E-state index contributed by atoms with van der Waals surface area (Å²) < 4.78 is 13.4. The van der Waals surface area contributed by atoms with Gasteiger partial charge in [-0.3, -0.25) is 0 Å². The van der Waals surface area contributed by atoms with Crippen molar-refractivity contribution in [3.8, 4) is 0 Å². The van der Waals surface area contributed by atoms with Gasteiger partial charge in [-0.25, -0.2) is 4.39 Å². The van der Waals surface area contributed by atoms with Crippen molar-refractivity contribution in [2.24, 2.45) is 5.92 Å². The van der Waals surface area contributed by atoms with E-state index in [9.17, 15) is 4.39 Å². The molecule has 1 aliphatic rings. The summed E-state index contributed by atoms with van der Waals surface area (Å²) in [6.07, 6.45) is 4.92. The average molecular weight is 278 g/mol. The Balaban J connectivity index is 1.88. The molecule has 2 nitrogen and oxygen atoms in total. The highest BCUT2D eigenvalue weighted by molar-refractivity contribution is 5.20. The van der Waals surface area contributed by atoms with E-state index >= 15 is 0 Å². The molecule has 1 aromatic carbocycles. The second-order valence-electron chi connectivity index (χ2n) is 6.06. The molecule has 3 heteroatoms. The summed E-state index contributed by atoms with van der Waals surface area (Å²) >= 11 is 0. The highest BCUT2D eigenvalue weighted by atomic mass is 19.1. The van der Waals surface area contributed by atoms with Gasteiger partial charge < -0.3 is 10.2 Å². The van der Waals surface area contributed by atoms with Gasteiger partial charge in [0.05, 0.1) is 0 Å². The monoisotopic (exact) mass is 278 g/mol. The zero-order chi connectivity index (χ0) is 14.4. The molecule has 20 heavy (non-hydrogen) atoms. The standard InChI is InChI=1S/C17H27FN2/c1-3-10-19-17(15-5-4-6-16(18)12-15)9-11-20(2)13-14-7-8-14/h4-6,12,14,17,19H,3,7-11,13H2,1-2H3. The lowest BCUT2D eigenvalue weighted by Gasteiger charge is -2.23. The molecule has 1 aromatic rings. The third kappa shape index (κ3) is 5.22. The molecule has 0 heterocycles. The number of nitrogens with zero attached hydrogens (tertiary/aromatic N) is 1. The van der Waals surface area contributed by atoms with Crippen LogP contribution in [0.15, 0.2) is 24.3 Å². The van der Waals surface area contributed by atoms with Crippen LogP contribution in [-0.2, 0) is 0 Å². The first kappa shape index (κ1) is 15.5. The summed E-state index contributed by atoms with van der Waals surface area (Å²) in [5.74, 6) is 0.786. The first-order chi connectivity index (χ1) is 9.69. The number of hydrogen-bond donors (Lipinski definition) is 1. The molecule has 112 valence electrons. The van der Waals surface area contributed by atoms with Crippen LogP contribution in [0.4, 0.5) is 4.39 Å². The molecule has 2 rings (SSSR count). The van der Waals surface area contributed by atoms with Crippen LogP contribution in [0, 0.1) is 11.7 Å². The maximum atomic E-state index is 13.4. The number of hydrogen-bond acceptors (Lipinski definition) is 2. The van der Waals surface area contributed by atoms with E-state index in [4.69, 9.17) is 0 Å². The fraction of sp³-hybridized carbons (Fsp3) is 0.647. The smallest absolute Gasteiger partial charge is 0.123 e. The molecular weight excluding hydrogens is 251 g/mol. The zero-order valence-corrected chi connectivity index (χ0v) is 12.7. The van der Waals surface area contributed by atoms with Gasteiger partial charge in [-0.05, 0) is 69.4 Å². The molecule has 0 bridgehead atoms. The van der Waals surface area contributed by atoms with Gasteiger partial charge in [-0.2, -0.15) is 0 Å². The Morgan fingerprint density at radius 2 is 2.20 bits per heavy atom. The third-order valence-corrected chi connectivity index (χ3v) is 3.96. The van der Waals surface area contributed by atoms with Crippen molar-refractivity contribution in [2.75, 3.05) is 26.7 Å². The molecule has 0 saturated heterocycles. The second kappa shape index (κ2) is 7.75. The van der Waals surface area contributed by atoms with E-state index in [0.717, 1.165) is 37.4 Å². The second-order valence-corrected chi connectivity index (χ2v) is 6.06. The van der Waals surface area contributed by atoms with Gasteiger partial charge in [0.25, 0.3) is 0 Å². The van der Waals surface area contributed by atoms with E-state index in [1.54, 1.807) is 12.1 Å². The topological polar surface area (TPSA) is 15.3 Å². The summed E-state index contributed by atoms with van der Waals surface area (Å²) in [6.45, 7) is 5.42. The molecule has 1 aliphatic carbocycles. The van der Waals surface area contributed by atoms with Crippen LogP contribution in [0.3, 0.4) is 0 Å². The van der Waals surface area contributed by atoms with Crippen LogP contribution in [0.25, 0.3) is 0 Å². The van der Waals surface area contributed by atoms with E-state index in [1.165, 1.54) is 25.5 Å². The minimum Gasteiger partial charge on any atom is -0.310 e. The van der Waals surface area contributed by atoms with Crippen molar-refractivity contribution < 1.29 is 4.39 Å². The van der Waals surface area contributed by atoms with E-state index in [0.29, 0.717) is 0 Å². The molecule has 0 radical (unpaired) electrons. The van der Waals surface area contributed by atoms with Gasteiger partial charge in [0.1, 0.15) is 5.82 Å². The van der Waals surface area contributed by atoms with E-state index in [1.807, 2.05) is 6.07 Å². The molecule has 0 aliphatic heterocycles. The molecular formula is C17H27FN2. The quantitative estimate of drug-likeness (QED) is 0.742. The largest absolute Gasteiger partial charge is 0.310 e. The summed E-state index contributed by atoms with van der Waals surface area (Å²) in [7, 11) is 2.20. The molecule has 1 saturated carbocycles. The van der Waals surface area contributed by atoms with Crippen LogP contribution in [0.1, 0.15) is 44.2 Å². The Bertz CT molecular complexity index is 404. The van der Waals surface area contributed by atoms with E-state index in [2.05, 4.69) is 24.2 Å². The fourth-order valence-corrected chi connectivity index (χ4v) is 2.61. The van der Waals surface area contributed by atoms with Crippen molar-refractivity contribution in [3.63, 3.8) is 0 Å². The van der Waals surface area contributed by atoms with Crippen LogP contribution in [0.5, 0.6) is 0 Å². The highest BCUT2D eigenvalue weighted by Gasteiger charge is 2.23. The van der Waals surface area contributed by atoms with Crippen molar-refractivity contribution in [2.45, 2.75) is 38.6 Å². The molecule has 0 spiro atoms. The first-order valence-electron chi connectivity index (χ1n) is 7.86. The lowest BCUT2D eigenvalue weighted by Crippen LogP contribution is -2.29. The fourth-order valence-electron chi connectivity index (χ4n) is 2.61. The predicted molar refractivity (Wildman–Crippen MR) is 82.3 cm³/mol. The van der Waals surface area contributed by atoms with Crippen molar-refractivity contribution >= 4 is 0 Å².